The molecule has 0 spiro atoms. The maximum atomic E-state index is 10.5. The Kier molecular flexibility index (Phi) is 4.01. The smallest absolute Gasteiger partial charge is 0.130 e. The molecular weight excluding hydrogens is 124 g/mol. The van der Waals surface area contributed by atoms with Gasteiger partial charge < -0.3 is 4.79 Å². The predicted octanol–water partition coefficient (Wildman–Crippen LogP) is 2.71. The second-order valence-corrected chi connectivity index (χ2v) is 2.98. The fourth-order valence-corrected chi connectivity index (χ4v) is 0.614. The minimum absolute atomic E-state index is 0.278. The molecule has 0 saturated heterocycles. The maximum absolute atomic E-state index is 10.5. The van der Waals surface area contributed by atoms with E-state index in [1.807, 2.05) is 0 Å². The van der Waals surface area contributed by atoms with Gasteiger partial charge in [-0.1, -0.05) is 11.1 Å². The summed E-state index contributed by atoms with van der Waals surface area (Å²) in [6.45, 7) is 7.88. The molecule has 1 heteroatoms. The van der Waals surface area contributed by atoms with Crippen LogP contribution in [0, 0.1) is 0 Å². The van der Waals surface area contributed by atoms with Crippen molar-refractivity contribution in [2.75, 3.05) is 0 Å². The third-order valence-corrected chi connectivity index (χ3v) is 1.71. The van der Waals surface area contributed by atoms with Gasteiger partial charge in [-0.3, -0.25) is 0 Å². The lowest BCUT2D eigenvalue weighted by molar-refractivity contribution is -0.116. The molecule has 0 aliphatic carbocycles. The lowest BCUT2D eigenvalue weighted by Gasteiger charge is -2.00. The monoisotopic (exact) mass is 140 g/mol. The van der Waals surface area contributed by atoms with Crippen molar-refractivity contribution >= 4 is 5.78 Å². The van der Waals surface area contributed by atoms with Crippen molar-refractivity contribution in [3.63, 3.8) is 0 Å². The molecule has 0 aliphatic rings. The maximum Gasteiger partial charge on any atom is 0.130 e. The van der Waals surface area contributed by atoms with E-state index in [4.69, 9.17) is 0 Å². The minimum atomic E-state index is 0.278. The van der Waals surface area contributed by atoms with Crippen LogP contribution in [0.15, 0.2) is 11.1 Å². The Morgan fingerprint density at radius 2 is 1.50 bits per heavy atom. The summed E-state index contributed by atoms with van der Waals surface area (Å²) in [6, 6.07) is 0. The van der Waals surface area contributed by atoms with Gasteiger partial charge in [0.2, 0.25) is 0 Å². The summed E-state index contributed by atoms with van der Waals surface area (Å²) in [5.41, 5.74) is 2.68. The van der Waals surface area contributed by atoms with Gasteiger partial charge in [0.05, 0.1) is 0 Å². The minimum Gasteiger partial charge on any atom is -0.300 e. The van der Waals surface area contributed by atoms with Crippen LogP contribution in [0.25, 0.3) is 0 Å². The second kappa shape index (κ2) is 4.26. The van der Waals surface area contributed by atoms with Crippen LogP contribution in [0.3, 0.4) is 0 Å². The van der Waals surface area contributed by atoms with E-state index in [9.17, 15) is 4.79 Å². The van der Waals surface area contributed by atoms with Crippen molar-refractivity contribution in [2.45, 2.75) is 40.5 Å². The van der Waals surface area contributed by atoms with Crippen LogP contribution in [-0.2, 0) is 4.79 Å². The second-order valence-electron chi connectivity index (χ2n) is 2.98. The Hall–Kier alpha value is -0.590. The molecule has 0 rings (SSSR count). The van der Waals surface area contributed by atoms with Gasteiger partial charge >= 0.3 is 0 Å². The molecule has 1 nitrogen and oxygen atoms in total. The van der Waals surface area contributed by atoms with Gasteiger partial charge in [-0.15, -0.1) is 0 Å². The third kappa shape index (κ3) is 4.30. The van der Waals surface area contributed by atoms with Crippen LogP contribution in [0.2, 0.25) is 0 Å². The molecule has 0 unspecified atom stereocenters. The first-order valence-corrected chi connectivity index (χ1v) is 3.66. The zero-order valence-electron chi connectivity index (χ0n) is 7.32. The van der Waals surface area contributed by atoms with Gasteiger partial charge in [0.15, 0.2) is 0 Å². The topological polar surface area (TPSA) is 17.1 Å². The first-order valence-electron chi connectivity index (χ1n) is 3.66. The van der Waals surface area contributed by atoms with Crippen LogP contribution in [0.1, 0.15) is 40.5 Å². The Bertz CT molecular complexity index is 150. The lowest BCUT2D eigenvalue weighted by atomic mass is 10.1. The summed E-state index contributed by atoms with van der Waals surface area (Å²) >= 11 is 0. The molecule has 58 valence electrons. The molecular formula is C9H16O. The van der Waals surface area contributed by atoms with Crippen molar-refractivity contribution in [1.82, 2.24) is 0 Å². The predicted molar refractivity (Wildman–Crippen MR) is 44.0 cm³/mol. The molecule has 0 atom stereocenters. The standard InChI is InChI=1S/C9H16O/c1-7(2)8(3)5-6-9(4)10/h5-6H2,1-4H3. The van der Waals surface area contributed by atoms with Gasteiger partial charge in [0.25, 0.3) is 0 Å². The van der Waals surface area contributed by atoms with Crippen LogP contribution in [-0.4, -0.2) is 5.78 Å². The Morgan fingerprint density at radius 1 is 1.00 bits per heavy atom. The largest absolute Gasteiger partial charge is 0.300 e. The molecule has 0 radical (unpaired) electrons. The highest BCUT2D eigenvalue weighted by Gasteiger charge is 1.95. The van der Waals surface area contributed by atoms with E-state index < -0.39 is 0 Å². The van der Waals surface area contributed by atoms with Crippen LogP contribution < -0.4 is 0 Å². The summed E-state index contributed by atoms with van der Waals surface area (Å²) in [5, 5.41) is 0. The highest BCUT2D eigenvalue weighted by atomic mass is 16.1. The zero-order valence-corrected chi connectivity index (χ0v) is 7.32. The van der Waals surface area contributed by atoms with E-state index in [-0.39, 0.29) is 5.78 Å². The Labute approximate surface area is 63.1 Å². The number of hydrogen-bond acceptors (Lipinski definition) is 1. The number of rotatable bonds is 3. The van der Waals surface area contributed by atoms with Gasteiger partial charge in [-0.2, -0.15) is 0 Å². The molecule has 0 amide bonds. The molecule has 0 fully saturated rings. The third-order valence-electron chi connectivity index (χ3n) is 1.71. The van der Waals surface area contributed by atoms with Crippen molar-refractivity contribution in [2.24, 2.45) is 0 Å². The molecule has 10 heavy (non-hydrogen) atoms. The highest BCUT2D eigenvalue weighted by Crippen LogP contribution is 2.09. The average molecular weight is 140 g/mol. The normalized spacial score (nSPS) is 9.20. The van der Waals surface area contributed by atoms with Crippen molar-refractivity contribution in [3.8, 4) is 0 Å². The number of allylic oxidation sites excluding steroid dienone is 2. The summed E-state index contributed by atoms with van der Waals surface area (Å²) in [5.74, 6) is 0.278. The Balaban J connectivity index is 3.71. The first kappa shape index (κ1) is 9.41. The van der Waals surface area contributed by atoms with E-state index in [1.54, 1.807) is 6.92 Å². The molecule has 0 saturated carbocycles. The van der Waals surface area contributed by atoms with E-state index in [0.717, 1.165) is 6.42 Å². The van der Waals surface area contributed by atoms with Crippen LogP contribution in [0.4, 0.5) is 0 Å². The molecule has 0 heterocycles. The van der Waals surface area contributed by atoms with E-state index in [0.29, 0.717) is 6.42 Å². The Morgan fingerprint density at radius 3 is 1.80 bits per heavy atom. The SMILES string of the molecule is CC(=O)CCC(C)=C(C)C. The van der Waals surface area contributed by atoms with Gasteiger partial charge in [0.1, 0.15) is 5.78 Å². The fourth-order valence-electron chi connectivity index (χ4n) is 0.614. The van der Waals surface area contributed by atoms with Crippen molar-refractivity contribution < 1.29 is 4.79 Å². The quantitative estimate of drug-likeness (QED) is 0.551. The number of carbonyl (C=O) groups excluding carboxylic acids is 1. The molecule has 0 aromatic carbocycles. The van der Waals surface area contributed by atoms with E-state index in [2.05, 4.69) is 20.8 Å². The molecule has 0 aliphatic heterocycles. The first-order chi connectivity index (χ1) is 4.54. The summed E-state index contributed by atoms with van der Waals surface area (Å²) in [7, 11) is 0. The number of carbonyl (C=O) groups is 1. The molecule has 0 N–H and O–H groups in total. The van der Waals surface area contributed by atoms with Crippen molar-refractivity contribution in [1.29, 1.82) is 0 Å². The van der Waals surface area contributed by atoms with E-state index >= 15 is 0 Å². The summed E-state index contributed by atoms with van der Waals surface area (Å²) in [4.78, 5) is 10.5. The van der Waals surface area contributed by atoms with Crippen LogP contribution in [0.5, 0.6) is 0 Å². The van der Waals surface area contributed by atoms with Gasteiger partial charge in [0, 0.05) is 6.42 Å². The number of Topliss-reactive ketones (excluding diaryl/α,β-unsaturated/α-hetero) is 1. The molecule has 0 aromatic rings. The average Bonchev–Trinajstić information content (AvgIpc) is 1.82. The van der Waals surface area contributed by atoms with Crippen LogP contribution >= 0.6 is 0 Å². The lowest BCUT2D eigenvalue weighted by Crippen LogP contribution is -1.90. The van der Waals surface area contributed by atoms with Gasteiger partial charge in [-0.05, 0) is 34.1 Å². The van der Waals surface area contributed by atoms with Crippen molar-refractivity contribution in [3.05, 3.63) is 11.1 Å². The van der Waals surface area contributed by atoms with E-state index in [1.165, 1.54) is 11.1 Å². The van der Waals surface area contributed by atoms with Gasteiger partial charge in [-0.25, -0.2) is 0 Å². The molecule has 0 aromatic heterocycles. The summed E-state index contributed by atoms with van der Waals surface area (Å²) in [6.07, 6.45) is 1.62. The number of hydrogen-bond donors (Lipinski definition) is 0. The molecule has 0 bridgehead atoms. The number of ketones is 1. The zero-order chi connectivity index (χ0) is 8.15. The highest BCUT2D eigenvalue weighted by molar-refractivity contribution is 5.75. The summed E-state index contributed by atoms with van der Waals surface area (Å²) < 4.78 is 0. The fraction of sp³-hybridized carbons (Fsp3) is 0.667.